The Hall–Kier alpha value is -2.83. The Morgan fingerprint density at radius 1 is 0.720 bits per heavy atom. The van der Waals surface area contributed by atoms with E-state index < -0.39 is 7.05 Å². The standard InChI is InChI=1S/C22H20NOP/c1-19(24)17-18-23-25(20-11-5-2-6-12-20,21-13-7-3-8-14-21)22-15-9-4-10-16-22/h2-18,24H,1H2/b18-17-. The zero-order valence-corrected chi connectivity index (χ0v) is 14.8. The number of aliphatic hydroxyl groups excluding tert-OH is 1. The van der Waals surface area contributed by atoms with Crippen LogP contribution < -0.4 is 15.9 Å². The van der Waals surface area contributed by atoms with Crippen molar-refractivity contribution in [1.29, 1.82) is 0 Å². The van der Waals surface area contributed by atoms with Gasteiger partial charge in [-0.05, 0) is 6.08 Å². The Morgan fingerprint density at radius 2 is 1.08 bits per heavy atom. The molecule has 0 saturated heterocycles. The van der Waals surface area contributed by atoms with E-state index in [2.05, 4.69) is 43.0 Å². The summed E-state index contributed by atoms with van der Waals surface area (Å²) in [6, 6.07) is 31.0. The molecule has 0 aliphatic carbocycles. The Balaban J connectivity index is 2.38. The molecule has 2 nitrogen and oxygen atoms in total. The van der Waals surface area contributed by atoms with Gasteiger partial charge in [0.05, 0.1) is 7.05 Å². The first-order valence-corrected chi connectivity index (χ1v) is 9.80. The molecular formula is C22H20NOP. The van der Waals surface area contributed by atoms with E-state index in [4.69, 9.17) is 4.74 Å². The third-order valence-corrected chi connectivity index (χ3v) is 7.51. The molecule has 1 N–H and O–H groups in total. The Kier molecular flexibility index (Phi) is 5.33. The lowest BCUT2D eigenvalue weighted by Crippen LogP contribution is -2.25. The van der Waals surface area contributed by atoms with Gasteiger partial charge in [0.15, 0.2) is 0 Å². The van der Waals surface area contributed by atoms with Gasteiger partial charge in [0.25, 0.3) is 0 Å². The fourth-order valence-electron chi connectivity index (χ4n) is 2.80. The van der Waals surface area contributed by atoms with Gasteiger partial charge in [-0.15, -0.1) is 0 Å². The Bertz CT molecular complexity index is 813. The smallest absolute Gasteiger partial charge is 0.109 e. The van der Waals surface area contributed by atoms with Crippen LogP contribution in [0.4, 0.5) is 0 Å². The molecule has 0 aromatic heterocycles. The van der Waals surface area contributed by atoms with Gasteiger partial charge in [-0.25, -0.2) is 0 Å². The van der Waals surface area contributed by atoms with Crippen LogP contribution in [-0.2, 0) is 0 Å². The quantitative estimate of drug-likeness (QED) is 0.404. The van der Waals surface area contributed by atoms with Crippen molar-refractivity contribution in [2.45, 2.75) is 0 Å². The summed E-state index contributed by atoms with van der Waals surface area (Å²) >= 11 is 0. The van der Waals surface area contributed by atoms with Crippen molar-refractivity contribution in [3.05, 3.63) is 116 Å². The SMILES string of the molecule is C=C(O)/C=C\N=P(c1ccccc1)(c1ccccc1)c1ccccc1. The maximum atomic E-state index is 9.43. The maximum Gasteiger partial charge on any atom is 0.109 e. The van der Waals surface area contributed by atoms with Crippen molar-refractivity contribution in [1.82, 2.24) is 0 Å². The highest BCUT2D eigenvalue weighted by atomic mass is 31.2. The topological polar surface area (TPSA) is 32.6 Å². The first kappa shape index (κ1) is 17.0. The zero-order chi connectivity index (χ0) is 17.5. The van der Waals surface area contributed by atoms with Crippen LogP contribution in [0.2, 0.25) is 0 Å². The fourth-order valence-corrected chi connectivity index (χ4v) is 6.17. The number of aliphatic hydroxyl groups is 1. The van der Waals surface area contributed by atoms with Gasteiger partial charge in [0, 0.05) is 22.1 Å². The van der Waals surface area contributed by atoms with Gasteiger partial charge < -0.3 is 5.11 Å². The maximum absolute atomic E-state index is 9.43. The molecule has 0 aliphatic rings. The number of hydrogen-bond acceptors (Lipinski definition) is 2. The third-order valence-electron chi connectivity index (χ3n) is 3.90. The van der Waals surface area contributed by atoms with E-state index in [-0.39, 0.29) is 5.76 Å². The van der Waals surface area contributed by atoms with Crippen LogP contribution in [0.15, 0.2) is 120 Å². The molecular weight excluding hydrogens is 325 g/mol. The summed E-state index contributed by atoms with van der Waals surface area (Å²) in [6.45, 7) is 3.51. The summed E-state index contributed by atoms with van der Waals surface area (Å²) in [5, 5.41) is 12.9. The number of allylic oxidation sites excluding steroid dienone is 1. The summed E-state index contributed by atoms with van der Waals surface area (Å²) in [5.41, 5.74) is 0. The van der Waals surface area contributed by atoms with Crippen molar-refractivity contribution >= 4 is 23.0 Å². The third kappa shape index (κ3) is 3.65. The molecule has 0 atom stereocenters. The highest BCUT2D eigenvalue weighted by Gasteiger charge is 2.26. The lowest BCUT2D eigenvalue weighted by molar-refractivity contribution is 0.435. The molecule has 3 aromatic carbocycles. The van der Waals surface area contributed by atoms with Crippen molar-refractivity contribution in [3.8, 4) is 0 Å². The van der Waals surface area contributed by atoms with Gasteiger partial charge in [-0.1, -0.05) is 97.6 Å². The van der Waals surface area contributed by atoms with Crippen molar-refractivity contribution in [2.24, 2.45) is 4.74 Å². The van der Waals surface area contributed by atoms with Crippen LogP contribution >= 0.6 is 7.05 Å². The number of rotatable bonds is 5. The lowest BCUT2D eigenvalue weighted by atomic mass is 10.4. The van der Waals surface area contributed by atoms with Crippen molar-refractivity contribution in [2.75, 3.05) is 0 Å². The molecule has 0 spiro atoms. The number of hydrogen-bond donors (Lipinski definition) is 1. The van der Waals surface area contributed by atoms with Crippen LogP contribution in [0.1, 0.15) is 0 Å². The summed E-state index contributed by atoms with van der Waals surface area (Å²) < 4.78 is 5.02. The van der Waals surface area contributed by atoms with Gasteiger partial charge in [0.1, 0.15) is 5.76 Å². The molecule has 124 valence electrons. The molecule has 0 amide bonds. The minimum absolute atomic E-state index is 0.00367. The molecule has 0 heterocycles. The van der Waals surface area contributed by atoms with Gasteiger partial charge in [0.2, 0.25) is 0 Å². The predicted octanol–water partition coefficient (Wildman–Crippen LogP) is 4.75. The van der Waals surface area contributed by atoms with Crippen molar-refractivity contribution < 1.29 is 5.11 Å². The van der Waals surface area contributed by atoms with Crippen LogP contribution in [-0.4, -0.2) is 5.11 Å². The highest BCUT2D eigenvalue weighted by Crippen LogP contribution is 2.46. The van der Waals surface area contributed by atoms with Crippen molar-refractivity contribution in [3.63, 3.8) is 0 Å². The Labute approximate surface area is 148 Å². The molecule has 0 unspecified atom stereocenters. The Morgan fingerprint density at radius 3 is 1.40 bits per heavy atom. The normalized spacial score (nSPS) is 11.4. The minimum atomic E-state index is -2.22. The average molecular weight is 345 g/mol. The molecule has 0 aliphatic heterocycles. The molecule has 3 heteroatoms. The monoisotopic (exact) mass is 345 g/mol. The van der Waals surface area contributed by atoms with Crippen LogP contribution in [0.25, 0.3) is 0 Å². The average Bonchev–Trinajstić information content (AvgIpc) is 2.67. The van der Waals surface area contributed by atoms with Crippen LogP contribution in [0.5, 0.6) is 0 Å². The molecule has 0 fully saturated rings. The largest absolute Gasteiger partial charge is 0.509 e. The van der Waals surface area contributed by atoms with E-state index in [1.807, 2.05) is 54.6 Å². The second-order valence-electron chi connectivity index (χ2n) is 5.56. The van der Waals surface area contributed by atoms with Crippen LogP contribution in [0, 0.1) is 0 Å². The lowest BCUT2D eigenvalue weighted by Gasteiger charge is -2.26. The zero-order valence-electron chi connectivity index (χ0n) is 13.9. The van der Waals surface area contributed by atoms with E-state index >= 15 is 0 Å². The summed E-state index contributed by atoms with van der Waals surface area (Å²) in [7, 11) is -2.22. The van der Waals surface area contributed by atoms with E-state index in [0.29, 0.717) is 0 Å². The number of nitrogens with zero attached hydrogens (tertiary/aromatic N) is 1. The second kappa shape index (κ2) is 7.83. The predicted molar refractivity (Wildman–Crippen MR) is 108 cm³/mol. The van der Waals surface area contributed by atoms with E-state index in [9.17, 15) is 5.11 Å². The van der Waals surface area contributed by atoms with E-state index in [1.54, 1.807) is 6.20 Å². The van der Waals surface area contributed by atoms with E-state index in [1.165, 1.54) is 22.0 Å². The molecule has 0 radical (unpaired) electrons. The summed E-state index contributed by atoms with van der Waals surface area (Å²) in [5.74, 6) is -0.00367. The first-order valence-electron chi connectivity index (χ1n) is 8.06. The second-order valence-corrected chi connectivity index (χ2v) is 8.62. The van der Waals surface area contributed by atoms with E-state index in [0.717, 1.165) is 0 Å². The van der Waals surface area contributed by atoms with Gasteiger partial charge >= 0.3 is 0 Å². The fraction of sp³-hybridized carbons (Fsp3) is 0. The molecule has 0 saturated carbocycles. The van der Waals surface area contributed by atoms with Gasteiger partial charge in [-0.2, -0.15) is 0 Å². The van der Waals surface area contributed by atoms with Crippen LogP contribution in [0.3, 0.4) is 0 Å². The minimum Gasteiger partial charge on any atom is -0.509 e. The van der Waals surface area contributed by atoms with Gasteiger partial charge in [-0.3, -0.25) is 4.74 Å². The molecule has 0 bridgehead atoms. The number of benzene rings is 3. The summed E-state index contributed by atoms with van der Waals surface area (Å²) in [6.07, 6.45) is 3.20. The molecule has 3 rings (SSSR count). The highest BCUT2D eigenvalue weighted by molar-refractivity contribution is 7.87. The first-order chi connectivity index (χ1) is 12.2. The molecule has 25 heavy (non-hydrogen) atoms. The summed E-state index contributed by atoms with van der Waals surface area (Å²) in [4.78, 5) is 0. The molecule has 3 aromatic rings.